The summed E-state index contributed by atoms with van der Waals surface area (Å²) < 4.78 is 81.5. The second-order valence-corrected chi connectivity index (χ2v) is 12.5. The van der Waals surface area contributed by atoms with Gasteiger partial charge in [-0.2, -0.15) is 0 Å². The van der Waals surface area contributed by atoms with Crippen LogP contribution in [0.5, 0.6) is 0 Å². The van der Waals surface area contributed by atoms with E-state index in [1.54, 1.807) is 0 Å². The molecule has 0 amide bonds. The van der Waals surface area contributed by atoms with Gasteiger partial charge in [0.25, 0.3) is 0 Å². The summed E-state index contributed by atoms with van der Waals surface area (Å²) in [5.74, 6) is 0. The maximum atomic E-state index is 9.87. The first kappa shape index (κ1) is 31.8. The molecule has 0 unspecified atom stereocenters. The van der Waals surface area contributed by atoms with Crippen molar-refractivity contribution >= 4 is 74.2 Å². The predicted octanol–water partition coefficient (Wildman–Crippen LogP) is 10.6. The van der Waals surface area contributed by atoms with Crippen molar-refractivity contribution < 1.29 is 38.4 Å². The van der Waals surface area contributed by atoms with Crippen molar-refractivity contribution in [2.75, 3.05) is 49.1 Å². The Morgan fingerprint density at radius 3 is 1.02 bits per heavy atom. The Morgan fingerprint density at radius 1 is 0.500 bits per heavy atom. The van der Waals surface area contributed by atoms with Crippen LogP contribution in [0.1, 0.15) is 41.5 Å². The van der Waals surface area contributed by atoms with Crippen molar-refractivity contribution in [3.8, 4) is 0 Å². The molecule has 3 aromatic carbocycles. The van der Waals surface area contributed by atoms with Crippen LogP contribution in [-0.2, 0) is 0 Å². The van der Waals surface area contributed by atoms with E-state index < -0.39 is 7.81 Å². The van der Waals surface area contributed by atoms with Gasteiger partial charge in [-0.3, -0.25) is 0 Å². The van der Waals surface area contributed by atoms with Gasteiger partial charge in [0.1, 0.15) is 46.6 Å². The fourth-order valence-electron chi connectivity index (χ4n) is 5.99. The number of hydrogen-bond acceptors (Lipinski definition) is 5. The van der Waals surface area contributed by atoms with Gasteiger partial charge in [0.15, 0.2) is 0 Å². The van der Waals surface area contributed by atoms with Crippen LogP contribution in [0.2, 0.25) is 0 Å². The van der Waals surface area contributed by atoms with Gasteiger partial charge in [0.2, 0.25) is 5.36 Å². The summed E-state index contributed by atoms with van der Waals surface area (Å²) in [5, 5.41) is 5.33. The van der Waals surface area contributed by atoms with Crippen molar-refractivity contribution in [2.45, 2.75) is 41.5 Å². The van der Waals surface area contributed by atoms with Crippen LogP contribution in [0.25, 0.3) is 55.0 Å². The molecule has 6 aromatic rings. The number of nitrogens with zero attached hydrogens (tertiary/aromatic N) is 3. The molecule has 3 aromatic heterocycles. The molecule has 0 aliphatic carbocycles. The normalized spacial score (nSPS) is 13.9. The van der Waals surface area contributed by atoms with Crippen LogP contribution in [0.4, 0.5) is 36.6 Å². The van der Waals surface area contributed by atoms with E-state index in [1.165, 1.54) is 0 Å². The Bertz CT molecular complexity index is 1920. The molecule has 6 nitrogen and oxygen atoms in total. The summed E-state index contributed by atoms with van der Waals surface area (Å²) in [4.78, 5) is 4.66. The topological polar surface area (TPSA) is 48.9 Å². The Hall–Kier alpha value is -3.66. The van der Waals surface area contributed by atoms with Crippen LogP contribution >= 0.6 is 7.81 Å². The molecular weight excluding hydrogens is 607 g/mol. The average molecular weight is 644 g/mol. The van der Waals surface area contributed by atoms with E-state index in [9.17, 15) is 25.2 Å². The molecular formula is C31H36F6N3O3P. The SMILES string of the molecule is CCN(CC)c1cc2oc3cc(N(CC)CC)cc4oc5cc(=[N+](CC)CC)cc6oc(c1)c2c(c34)c65.F[P-](F)(F)(F)(F)F. The van der Waals surface area contributed by atoms with Gasteiger partial charge < -0.3 is 23.1 Å². The van der Waals surface area contributed by atoms with Crippen LogP contribution in [0.15, 0.2) is 49.6 Å². The first-order valence-corrected chi connectivity index (χ1v) is 16.8. The average Bonchev–Trinajstić information content (AvgIpc) is 2.93. The van der Waals surface area contributed by atoms with Crippen molar-refractivity contribution in [3.63, 3.8) is 0 Å². The summed E-state index contributed by atoms with van der Waals surface area (Å²) in [7, 11) is -10.7. The second-order valence-electron chi connectivity index (χ2n) is 10.6. The van der Waals surface area contributed by atoms with Crippen molar-refractivity contribution in [3.05, 3.63) is 41.8 Å². The van der Waals surface area contributed by atoms with Gasteiger partial charge in [0, 0.05) is 67.2 Å². The number of hydrogen-bond donors (Lipinski definition) is 0. The van der Waals surface area contributed by atoms with E-state index in [0.29, 0.717) is 0 Å². The minimum absolute atomic E-state index is 0.843. The summed E-state index contributed by atoms with van der Waals surface area (Å²) in [6.45, 7) is 18.6. The van der Waals surface area contributed by atoms with Crippen molar-refractivity contribution in [2.24, 2.45) is 0 Å². The molecule has 0 N–H and O–H groups in total. The van der Waals surface area contributed by atoms with E-state index in [-0.39, 0.29) is 0 Å². The third kappa shape index (κ3) is 6.27. The van der Waals surface area contributed by atoms with Gasteiger partial charge in [0.05, 0.1) is 28.3 Å². The van der Waals surface area contributed by atoms with Crippen LogP contribution in [0, 0.1) is 0 Å². The standard InChI is InChI=1S/C31H36N3O3.F6P/c1-7-32(8-2)19-13-22-28-23(14-19)36-25-16-21(34(11-5)12-6)18-27-30(25)31(28)29-24(35-22)15-20(17-26(29)37-27)33(9-3)10-4;1-7(2,3,4,5)6/h13-18H,7-12H2,1-6H3;/q+1;-1. The van der Waals surface area contributed by atoms with E-state index in [1.807, 2.05) is 0 Å². The van der Waals surface area contributed by atoms with Gasteiger partial charge in [-0.1, -0.05) is 0 Å². The number of rotatable bonds is 8. The van der Waals surface area contributed by atoms with E-state index in [4.69, 9.17) is 13.3 Å². The van der Waals surface area contributed by atoms with Crippen LogP contribution < -0.4 is 19.7 Å². The Balaban J connectivity index is 0.000000493. The molecule has 0 saturated heterocycles. The molecule has 13 heteroatoms. The third-order valence-corrected chi connectivity index (χ3v) is 7.95. The minimum atomic E-state index is -10.7. The van der Waals surface area contributed by atoms with Gasteiger partial charge >= 0.3 is 33.0 Å². The van der Waals surface area contributed by atoms with Crippen molar-refractivity contribution in [1.29, 1.82) is 0 Å². The molecule has 0 radical (unpaired) electrons. The molecule has 0 atom stereocenters. The van der Waals surface area contributed by atoms with Crippen LogP contribution in [0.3, 0.4) is 0 Å². The maximum absolute atomic E-state index is 10.7. The molecule has 0 saturated carbocycles. The van der Waals surface area contributed by atoms with E-state index in [2.05, 4.69) is 92.3 Å². The monoisotopic (exact) mass is 643 g/mol. The molecule has 3 heterocycles. The summed E-state index contributed by atoms with van der Waals surface area (Å²) in [6, 6.07) is 13.0. The molecule has 0 bridgehead atoms. The predicted molar refractivity (Wildman–Crippen MR) is 169 cm³/mol. The summed E-state index contributed by atoms with van der Waals surface area (Å²) >= 11 is 0. The number of anilines is 2. The number of benzene rings is 3. The van der Waals surface area contributed by atoms with Crippen molar-refractivity contribution in [1.82, 2.24) is 4.58 Å². The fraction of sp³-hybridized carbons (Fsp3) is 0.387. The molecule has 0 spiro atoms. The van der Waals surface area contributed by atoms with Crippen LogP contribution in [-0.4, -0.2) is 39.3 Å². The second kappa shape index (κ2) is 10.5. The zero-order valence-corrected chi connectivity index (χ0v) is 26.4. The van der Waals surface area contributed by atoms with E-state index in [0.717, 1.165) is 111 Å². The first-order chi connectivity index (χ1) is 20.5. The summed E-state index contributed by atoms with van der Waals surface area (Å²) in [5.41, 5.74) is 7.28. The van der Waals surface area contributed by atoms with Gasteiger partial charge in [-0.25, -0.2) is 4.58 Å². The molecule has 0 aliphatic heterocycles. The Kier molecular flexibility index (Phi) is 7.55. The van der Waals surface area contributed by atoms with Gasteiger partial charge in [-0.15, -0.1) is 0 Å². The fourth-order valence-corrected chi connectivity index (χ4v) is 5.99. The molecule has 0 fully saturated rings. The number of halogens is 6. The summed E-state index contributed by atoms with van der Waals surface area (Å²) in [6.07, 6.45) is 0. The third-order valence-electron chi connectivity index (χ3n) is 7.95. The van der Waals surface area contributed by atoms with E-state index >= 15 is 0 Å². The first-order valence-electron chi connectivity index (χ1n) is 14.8. The zero-order chi connectivity index (χ0) is 32.3. The molecule has 44 heavy (non-hydrogen) atoms. The molecule has 240 valence electrons. The Morgan fingerprint density at radius 2 is 0.773 bits per heavy atom. The quantitative estimate of drug-likeness (QED) is 0.0543. The Labute approximate surface area is 249 Å². The zero-order valence-electron chi connectivity index (χ0n) is 25.5. The van der Waals surface area contributed by atoms with Gasteiger partial charge in [-0.05, 0) is 41.5 Å². The molecule has 0 aliphatic rings. The molecule has 6 rings (SSSR count).